The molecular weight excluding hydrogens is 521 g/mol. The van der Waals surface area contributed by atoms with Crippen LogP contribution in [0.5, 0.6) is 11.5 Å². The summed E-state index contributed by atoms with van der Waals surface area (Å²) in [5.74, 6) is -0.0448. The van der Waals surface area contributed by atoms with Crippen molar-refractivity contribution in [1.82, 2.24) is 9.97 Å². The standard InChI is InChI=1S/C27H22ClF3N4O3/c1-4-24(36)34-16-8-9-21-18(11-16)25(33-14-32-21)35-22-13-20(28)23(12-19(22)26(2,3)37)38-17-7-5-6-15(10-17)27(29,30)31/h4-14,37H,1H2,2-3H3,(H,34,36)(H,32,33,35). The van der Waals surface area contributed by atoms with E-state index in [1.54, 1.807) is 18.2 Å². The van der Waals surface area contributed by atoms with Gasteiger partial charge in [-0.3, -0.25) is 4.79 Å². The van der Waals surface area contributed by atoms with Crippen LogP contribution in [0, 0.1) is 0 Å². The van der Waals surface area contributed by atoms with E-state index < -0.39 is 17.3 Å². The van der Waals surface area contributed by atoms with E-state index in [-0.39, 0.29) is 22.4 Å². The number of hydrogen-bond donors (Lipinski definition) is 3. The van der Waals surface area contributed by atoms with Crippen LogP contribution in [0.25, 0.3) is 10.9 Å². The van der Waals surface area contributed by atoms with Crippen molar-refractivity contribution in [2.75, 3.05) is 10.6 Å². The Bertz CT molecular complexity index is 1530. The molecule has 0 unspecified atom stereocenters. The van der Waals surface area contributed by atoms with Crippen molar-refractivity contribution in [3.63, 3.8) is 0 Å². The van der Waals surface area contributed by atoms with Crippen molar-refractivity contribution in [2.45, 2.75) is 25.6 Å². The molecule has 4 aromatic rings. The number of aliphatic hydroxyl groups is 1. The predicted molar refractivity (Wildman–Crippen MR) is 140 cm³/mol. The van der Waals surface area contributed by atoms with E-state index in [2.05, 4.69) is 27.2 Å². The number of carbonyl (C=O) groups is 1. The van der Waals surface area contributed by atoms with Crippen molar-refractivity contribution >= 4 is 45.6 Å². The molecule has 0 bridgehead atoms. The number of anilines is 3. The van der Waals surface area contributed by atoms with E-state index in [1.807, 2.05) is 0 Å². The fourth-order valence-corrected chi connectivity index (χ4v) is 3.86. The molecule has 0 saturated carbocycles. The van der Waals surface area contributed by atoms with Gasteiger partial charge in [-0.15, -0.1) is 0 Å². The molecule has 0 atom stereocenters. The normalized spacial score (nSPS) is 11.8. The van der Waals surface area contributed by atoms with Gasteiger partial charge in [0.05, 0.1) is 21.7 Å². The summed E-state index contributed by atoms with van der Waals surface area (Å²) >= 11 is 6.46. The predicted octanol–water partition coefficient (Wildman–Crippen LogP) is 7.19. The van der Waals surface area contributed by atoms with Gasteiger partial charge in [-0.1, -0.05) is 24.2 Å². The van der Waals surface area contributed by atoms with Gasteiger partial charge in [0.15, 0.2) is 0 Å². The van der Waals surface area contributed by atoms with E-state index in [4.69, 9.17) is 16.3 Å². The number of alkyl halides is 3. The third kappa shape index (κ3) is 6.04. The van der Waals surface area contributed by atoms with Crippen molar-refractivity contribution in [2.24, 2.45) is 0 Å². The first-order valence-corrected chi connectivity index (χ1v) is 11.6. The summed E-state index contributed by atoms with van der Waals surface area (Å²) in [6.07, 6.45) is -2.04. The minimum Gasteiger partial charge on any atom is -0.456 e. The highest BCUT2D eigenvalue weighted by Crippen LogP contribution is 2.41. The quantitative estimate of drug-likeness (QED) is 0.214. The zero-order valence-corrected chi connectivity index (χ0v) is 21.0. The van der Waals surface area contributed by atoms with Gasteiger partial charge in [0.25, 0.3) is 0 Å². The summed E-state index contributed by atoms with van der Waals surface area (Å²) < 4.78 is 45.0. The van der Waals surface area contributed by atoms with Gasteiger partial charge in [0.1, 0.15) is 23.6 Å². The van der Waals surface area contributed by atoms with E-state index >= 15 is 0 Å². The van der Waals surface area contributed by atoms with Crippen LogP contribution in [0.1, 0.15) is 25.0 Å². The van der Waals surface area contributed by atoms with Crippen LogP contribution in [0.15, 0.2) is 73.6 Å². The Hall–Kier alpha value is -4.15. The minimum absolute atomic E-state index is 0.0515. The molecule has 38 heavy (non-hydrogen) atoms. The third-order valence-corrected chi connectivity index (χ3v) is 5.76. The van der Waals surface area contributed by atoms with Crippen molar-refractivity contribution in [3.8, 4) is 11.5 Å². The molecule has 0 radical (unpaired) electrons. The number of nitrogens with one attached hydrogen (secondary N) is 2. The van der Waals surface area contributed by atoms with Crippen LogP contribution in [0.2, 0.25) is 5.02 Å². The van der Waals surface area contributed by atoms with E-state index in [0.29, 0.717) is 33.7 Å². The topological polar surface area (TPSA) is 96.4 Å². The zero-order valence-electron chi connectivity index (χ0n) is 20.2. The van der Waals surface area contributed by atoms with Gasteiger partial charge in [-0.05, 0) is 68.5 Å². The molecule has 3 aromatic carbocycles. The molecule has 4 rings (SSSR count). The van der Waals surface area contributed by atoms with Crippen LogP contribution in [-0.2, 0) is 16.6 Å². The molecule has 3 N–H and O–H groups in total. The molecule has 11 heteroatoms. The van der Waals surface area contributed by atoms with Crippen LogP contribution in [-0.4, -0.2) is 21.0 Å². The maximum Gasteiger partial charge on any atom is 0.416 e. The Labute approximate surface area is 221 Å². The molecule has 0 spiro atoms. The van der Waals surface area contributed by atoms with Gasteiger partial charge in [-0.2, -0.15) is 13.2 Å². The van der Waals surface area contributed by atoms with Crippen molar-refractivity contribution < 1.29 is 27.8 Å². The Morgan fingerprint density at radius 1 is 1.11 bits per heavy atom. The van der Waals surface area contributed by atoms with E-state index in [9.17, 15) is 23.1 Å². The summed E-state index contributed by atoms with van der Waals surface area (Å²) in [5, 5.41) is 17.4. The van der Waals surface area contributed by atoms with Crippen LogP contribution < -0.4 is 15.4 Å². The fraction of sp³-hybridized carbons (Fsp3) is 0.148. The van der Waals surface area contributed by atoms with E-state index in [0.717, 1.165) is 18.2 Å². The highest BCUT2D eigenvalue weighted by atomic mass is 35.5. The molecule has 0 aliphatic heterocycles. The molecule has 7 nitrogen and oxygen atoms in total. The molecule has 1 aromatic heterocycles. The van der Waals surface area contributed by atoms with E-state index in [1.165, 1.54) is 44.4 Å². The van der Waals surface area contributed by atoms with Gasteiger partial charge in [0.2, 0.25) is 5.91 Å². The Morgan fingerprint density at radius 3 is 2.55 bits per heavy atom. The van der Waals surface area contributed by atoms with Crippen LogP contribution >= 0.6 is 11.6 Å². The second kappa shape index (κ2) is 10.3. The number of carbonyl (C=O) groups excluding carboxylic acids is 1. The smallest absolute Gasteiger partial charge is 0.416 e. The first-order chi connectivity index (χ1) is 17.8. The number of rotatable bonds is 7. The van der Waals surface area contributed by atoms with Gasteiger partial charge in [-0.25, -0.2) is 9.97 Å². The Balaban J connectivity index is 1.74. The fourth-order valence-electron chi connectivity index (χ4n) is 3.66. The molecule has 0 fully saturated rings. The number of hydrogen-bond acceptors (Lipinski definition) is 6. The molecule has 0 saturated heterocycles. The SMILES string of the molecule is C=CC(=O)Nc1ccc2ncnc(Nc3cc(Cl)c(Oc4cccc(C(F)(F)F)c4)cc3C(C)(C)O)c2c1. The zero-order chi connectivity index (χ0) is 27.7. The van der Waals surface area contributed by atoms with Gasteiger partial charge < -0.3 is 20.5 Å². The van der Waals surface area contributed by atoms with Crippen LogP contribution in [0.3, 0.4) is 0 Å². The first-order valence-electron chi connectivity index (χ1n) is 11.2. The lowest BCUT2D eigenvalue weighted by Crippen LogP contribution is -2.18. The van der Waals surface area contributed by atoms with Crippen molar-refractivity contribution in [3.05, 3.63) is 89.7 Å². The highest BCUT2D eigenvalue weighted by molar-refractivity contribution is 6.32. The lowest BCUT2D eigenvalue weighted by molar-refractivity contribution is -0.137. The maximum atomic E-state index is 13.1. The average molecular weight is 543 g/mol. The Kier molecular flexibility index (Phi) is 7.30. The number of amides is 1. The number of nitrogens with zero attached hydrogens (tertiary/aromatic N) is 2. The number of benzene rings is 3. The van der Waals surface area contributed by atoms with Gasteiger partial charge in [0, 0.05) is 22.3 Å². The van der Waals surface area contributed by atoms with Gasteiger partial charge >= 0.3 is 6.18 Å². The number of halogens is 4. The Morgan fingerprint density at radius 2 is 1.87 bits per heavy atom. The van der Waals surface area contributed by atoms with Crippen molar-refractivity contribution in [1.29, 1.82) is 0 Å². The summed E-state index contributed by atoms with van der Waals surface area (Å²) in [5.41, 5.74) is -0.493. The first kappa shape index (κ1) is 26.9. The molecule has 0 aliphatic rings. The largest absolute Gasteiger partial charge is 0.456 e. The number of fused-ring (bicyclic) bond motifs is 1. The third-order valence-electron chi connectivity index (χ3n) is 5.46. The maximum absolute atomic E-state index is 13.1. The summed E-state index contributed by atoms with van der Waals surface area (Å²) in [4.78, 5) is 20.3. The monoisotopic (exact) mass is 542 g/mol. The lowest BCUT2D eigenvalue weighted by atomic mass is 9.96. The molecule has 0 aliphatic carbocycles. The lowest BCUT2D eigenvalue weighted by Gasteiger charge is -2.24. The highest BCUT2D eigenvalue weighted by Gasteiger charge is 2.31. The molecular formula is C27H22ClF3N4O3. The van der Waals surface area contributed by atoms with Crippen LogP contribution in [0.4, 0.5) is 30.4 Å². The molecule has 1 heterocycles. The number of ether oxygens (including phenoxy) is 1. The average Bonchev–Trinajstić information content (AvgIpc) is 2.85. The summed E-state index contributed by atoms with van der Waals surface area (Å²) in [6, 6.07) is 12.4. The summed E-state index contributed by atoms with van der Waals surface area (Å²) in [6.45, 7) is 6.51. The second-order valence-electron chi connectivity index (χ2n) is 8.79. The molecule has 196 valence electrons. The number of aromatic nitrogens is 2. The molecule has 1 amide bonds. The summed E-state index contributed by atoms with van der Waals surface area (Å²) in [7, 11) is 0. The second-order valence-corrected chi connectivity index (χ2v) is 9.19. The minimum atomic E-state index is -4.54.